The summed E-state index contributed by atoms with van der Waals surface area (Å²) >= 11 is 0. The van der Waals surface area contributed by atoms with Crippen LogP contribution in [0, 0.1) is 23.2 Å². The summed E-state index contributed by atoms with van der Waals surface area (Å²) in [6.45, 7) is 5.90. The van der Waals surface area contributed by atoms with Crippen LogP contribution in [0.25, 0.3) is 0 Å². The van der Waals surface area contributed by atoms with E-state index in [4.69, 9.17) is 4.74 Å². The Labute approximate surface area is 167 Å². The van der Waals surface area contributed by atoms with Crippen LogP contribution in [0.4, 0.5) is 4.79 Å². The van der Waals surface area contributed by atoms with Gasteiger partial charge in [-0.25, -0.2) is 4.79 Å². The maximum atomic E-state index is 12.4. The molecule has 0 aromatic heterocycles. The Bertz CT molecular complexity index is 576. The molecule has 4 aliphatic rings. The number of rotatable bonds is 7. The highest BCUT2D eigenvalue weighted by Gasteiger charge is 2.51. The van der Waals surface area contributed by atoms with E-state index in [0.717, 1.165) is 17.8 Å². The average Bonchev–Trinajstić information content (AvgIpc) is 2.53. The van der Waals surface area contributed by atoms with Gasteiger partial charge in [-0.05, 0) is 82.5 Å². The minimum atomic E-state index is -0.619. The van der Waals surface area contributed by atoms with Gasteiger partial charge in [-0.1, -0.05) is 0 Å². The smallest absolute Gasteiger partial charge is 0.408 e. The van der Waals surface area contributed by atoms with Crippen LogP contribution < -0.4 is 16.0 Å². The van der Waals surface area contributed by atoms with Gasteiger partial charge in [-0.3, -0.25) is 9.59 Å². The highest BCUT2D eigenvalue weighted by atomic mass is 16.6. The normalized spacial score (nSPS) is 30.6. The van der Waals surface area contributed by atoms with Gasteiger partial charge in [-0.15, -0.1) is 0 Å². The molecule has 0 radical (unpaired) electrons. The summed E-state index contributed by atoms with van der Waals surface area (Å²) < 4.78 is 5.07. The predicted octanol–water partition coefficient (Wildman–Crippen LogP) is 2.35. The van der Waals surface area contributed by atoms with Crippen LogP contribution in [-0.4, -0.2) is 43.1 Å². The number of carbonyl (C=O) groups is 3. The molecule has 7 nitrogen and oxygen atoms in total. The van der Waals surface area contributed by atoms with Gasteiger partial charge in [0.1, 0.15) is 5.60 Å². The third-order valence-electron chi connectivity index (χ3n) is 6.26. The molecule has 3 N–H and O–H groups in total. The average molecular weight is 394 g/mol. The lowest BCUT2D eigenvalue weighted by atomic mass is 9.49. The molecule has 0 atom stereocenters. The molecule has 0 heterocycles. The maximum Gasteiger partial charge on any atom is 0.408 e. The zero-order chi connectivity index (χ0) is 20.4. The van der Waals surface area contributed by atoms with Crippen LogP contribution in [0.5, 0.6) is 0 Å². The highest BCUT2D eigenvalue weighted by Crippen LogP contribution is 2.61. The van der Waals surface area contributed by atoms with Crippen molar-refractivity contribution in [2.24, 2.45) is 23.2 Å². The fourth-order valence-corrected chi connectivity index (χ4v) is 5.84. The SMILES string of the molecule is CC(C)(C)OC(=O)NCC(=O)NCCNC(=O)CC12CC3CC(CC(C3)C1)C2. The summed E-state index contributed by atoms with van der Waals surface area (Å²) in [6.07, 6.45) is 7.81. The van der Waals surface area contributed by atoms with Gasteiger partial charge in [0.15, 0.2) is 0 Å². The first-order chi connectivity index (χ1) is 13.1. The Kier molecular flexibility index (Phi) is 6.20. The van der Waals surface area contributed by atoms with Gasteiger partial charge in [0.2, 0.25) is 11.8 Å². The van der Waals surface area contributed by atoms with Crippen LogP contribution in [0.2, 0.25) is 0 Å². The fraction of sp³-hybridized carbons (Fsp3) is 0.857. The molecule has 0 unspecified atom stereocenters. The number of hydrogen-bond donors (Lipinski definition) is 3. The van der Waals surface area contributed by atoms with E-state index in [0.29, 0.717) is 19.5 Å². The first kappa shape index (κ1) is 20.9. The number of carbonyl (C=O) groups excluding carboxylic acids is 3. The summed E-state index contributed by atoms with van der Waals surface area (Å²) in [4.78, 5) is 35.7. The second-order valence-corrected chi connectivity index (χ2v) is 10.1. The van der Waals surface area contributed by atoms with E-state index in [1.165, 1.54) is 38.5 Å². The Morgan fingerprint density at radius 1 is 0.857 bits per heavy atom. The summed E-state index contributed by atoms with van der Waals surface area (Å²) in [5.74, 6) is 2.33. The van der Waals surface area contributed by atoms with E-state index in [1.807, 2.05) is 0 Å². The first-order valence-corrected chi connectivity index (χ1v) is 10.6. The summed E-state index contributed by atoms with van der Waals surface area (Å²) in [5, 5.41) is 8.05. The van der Waals surface area contributed by atoms with Crippen LogP contribution in [0.15, 0.2) is 0 Å². The molecule has 4 saturated carbocycles. The van der Waals surface area contributed by atoms with Crippen molar-refractivity contribution >= 4 is 17.9 Å². The number of nitrogens with one attached hydrogen (secondary N) is 3. The molecule has 4 fully saturated rings. The number of ether oxygens (including phenoxy) is 1. The van der Waals surface area contributed by atoms with E-state index in [9.17, 15) is 14.4 Å². The van der Waals surface area contributed by atoms with Crippen molar-refractivity contribution < 1.29 is 19.1 Å². The minimum absolute atomic E-state index is 0.100. The van der Waals surface area contributed by atoms with Crippen LogP contribution in [0.3, 0.4) is 0 Å². The van der Waals surface area contributed by atoms with Gasteiger partial charge in [-0.2, -0.15) is 0 Å². The molecule has 0 spiro atoms. The number of hydrogen-bond acceptors (Lipinski definition) is 4. The van der Waals surface area contributed by atoms with E-state index in [1.54, 1.807) is 20.8 Å². The quantitative estimate of drug-likeness (QED) is 0.579. The van der Waals surface area contributed by atoms with Gasteiger partial charge in [0.05, 0.1) is 6.54 Å². The predicted molar refractivity (Wildman–Crippen MR) is 105 cm³/mol. The molecule has 28 heavy (non-hydrogen) atoms. The zero-order valence-corrected chi connectivity index (χ0v) is 17.4. The van der Waals surface area contributed by atoms with Crippen LogP contribution >= 0.6 is 0 Å². The lowest BCUT2D eigenvalue weighted by Gasteiger charge is -2.56. The lowest BCUT2D eigenvalue weighted by Crippen LogP contribution is -2.48. The van der Waals surface area contributed by atoms with Crippen molar-refractivity contribution in [3.63, 3.8) is 0 Å². The van der Waals surface area contributed by atoms with Gasteiger partial charge >= 0.3 is 6.09 Å². The molecule has 4 bridgehead atoms. The summed E-state index contributed by atoms with van der Waals surface area (Å²) in [5.41, 5.74) is -0.360. The lowest BCUT2D eigenvalue weighted by molar-refractivity contribution is -0.129. The van der Waals surface area contributed by atoms with Crippen LogP contribution in [0.1, 0.15) is 65.7 Å². The number of alkyl carbamates (subject to hydrolysis) is 1. The van der Waals surface area contributed by atoms with E-state index < -0.39 is 11.7 Å². The molecule has 0 saturated heterocycles. The molecule has 4 aliphatic carbocycles. The summed E-state index contributed by atoms with van der Waals surface area (Å²) in [7, 11) is 0. The van der Waals surface area contributed by atoms with Crippen molar-refractivity contribution in [3.8, 4) is 0 Å². The molecule has 0 aromatic rings. The number of amides is 3. The fourth-order valence-electron chi connectivity index (χ4n) is 5.84. The third kappa shape index (κ3) is 5.85. The monoisotopic (exact) mass is 393 g/mol. The van der Waals surface area contributed by atoms with Crippen molar-refractivity contribution in [3.05, 3.63) is 0 Å². The van der Waals surface area contributed by atoms with Gasteiger partial charge in [0.25, 0.3) is 0 Å². The molecule has 158 valence electrons. The van der Waals surface area contributed by atoms with E-state index in [2.05, 4.69) is 16.0 Å². The standard InChI is InChI=1S/C21H35N3O4/c1-20(2,3)28-19(27)24-13-18(26)23-5-4-22-17(25)12-21-9-14-6-15(10-21)8-16(7-14)11-21/h14-16H,4-13H2,1-3H3,(H,22,25)(H,23,26)(H,24,27). The summed E-state index contributed by atoms with van der Waals surface area (Å²) in [6, 6.07) is 0. The molecular weight excluding hydrogens is 358 g/mol. The van der Waals surface area contributed by atoms with Crippen molar-refractivity contribution in [1.29, 1.82) is 0 Å². The highest BCUT2D eigenvalue weighted by molar-refractivity contribution is 5.82. The topological polar surface area (TPSA) is 96.5 Å². The van der Waals surface area contributed by atoms with E-state index >= 15 is 0 Å². The first-order valence-electron chi connectivity index (χ1n) is 10.6. The Balaban J connectivity index is 1.29. The molecule has 4 rings (SSSR count). The van der Waals surface area contributed by atoms with Gasteiger partial charge in [0, 0.05) is 19.5 Å². The minimum Gasteiger partial charge on any atom is -0.444 e. The van der Waals surface area contributed by atoms with Crippen molar-refractivity contribution in [1.82, 2.24) is 16.0 Å². The third-order valence-corrected chi connectivity index (χ3v) is 6.26. The second-order valence-electron chi connectivity index (χ2n) is 10.1. The van der Waals surface area contributed by atoms with Crippen molar-refractivity contribution in [2.75, 3.05) is 19.6 Å². The largest absolute Gasteiger partial charge is 0.444 e. The maximum absolute atomic E-state index is 12.4. The molecular formula is C21H35N3O4. The Morgan fingerprint density at radius 2 is 1.36 bits per heavy atom. The Hall–Kier alpha value is -1.79. The second kappa shape index (κ2) is 8.29. The molecule has 0 aliphatic heterocycles. The molecule has 7 heteroatoms. The van der Waals surface area contributed by atoms with Crippen LogP contribution in [-0.2, 0) is 14.3 Å². The van der Waals surface area contributed by atoms with E-state index in [-0.39, 0.29) is 23.8 Å². The molecule has 0 aromatic carbocycles. The van der Waals surface area contributed by atoms with Gasteiger partial charge < -0.3 is 20.7 Å². The zero-order valence-electron chi connectivity index (χ0n) is 17.4. The molecule has 3 amide bonds. The van der Waals surface area contributed by atoms with Crippen molar-refractivity contribution in [2.45, 2.75) is 71.3 Å². The Morgan fingerprint density at radius 3 is 1.86 bits per heavy atom.